The Kier molecular flexibility index (Phi) is 16.2. The standard InChI is InChI=1S/C21H42NO4P/c1-5-6-7-8-9-10-11-12-13-14-15-16-17-18-20-25-27(23,24)26-21-19-22(2,3)4/h6-7,10-11H,5,8-9,12-21H2,1-4H3/b7-6+,11-10+. The van der Waals surface area contributed by atoms with Crippen molar-refractivity contribution in [3.63, 3.8) is 0 Å². The van der Waals surface area contributed by atoms with Crippen LogP contribution in [-0.4, -0.2) is 45.4 Å². The van der Waals surface area contributed by atoms with Crippen LogP contribution in [0.25, 0.3) is 0 Å². The highest BCUT2D eigenvalue weighted by atomic mass is 31.2. The Morgan fingerprint density at radius 2 is 1.30 bits per heavy atom. The normalized spacial score (nSPS) is 15.0. The van der Waals surface area contributed by atoms with Gasteiger partial charge in [-0.15, -0.1) is 0 Å². The first-order chi connectivity index (χ1) is 12.8. The number of rotatable bonds is 18. The number of hydrogen-bond donors (Lipinski definition) is 0. The summed E-state index contributed by atoms with van der Waals surface area (Å²) in [6, 6.07) is 0. The maximum absolute atomic E-state index is 11.6. The zero-order chi connectivity index (χ0) is 20.4. The van der Waals surface area contributed by atoms with Crippen LogP contribution in [0.2, 0.25) is 0 Å². The number of likely N-dealkylation sites (N-methyl/N-ethyl adjacent to an activating group) is 1. The van der Waals surface area contributed by atoms with Gasteiger partial charge >= 0.3 is 0 Å². The summed E-state index contributed by atoms with van der Waals surface area (Å²) in [6.45, 7) is 3.17. The Morgan fingerprint density at radius 3 is 1.93 bits per heavy atom. The van der Waals surface area contributed by atoms with Crippen molar-refractivity contribution in [1.82, 2.24) is 0 Å². The van der Waals surface area contributed by atoms with E-state index in [1.54, 1.807) is 0 Å². The van der Waals surface area contributed by atoms with E-state index in [1.807, 2.05) is 21.1 Å². The number of phosphoric acid groups is 1. The minimum atomic E-state index is -4.14. The van der Waals surface area contributed by atoms with E-state index < -0.39 is 7.82 Å². The number of nitrogens with zero attached hydrogens (tertiary/aromatic N) is 1. The Bertz CT molecular complexity index is 444. The molecule has 0 amide bonds. The second kappa shape index (κ2) is 16.5. The summed E-state index contributed by atoms with van der Waals surface area (Å²) >= 11 is 0. The minimum absolute atomic E-state index is 0.161. The maximum atomic E-state index is 11.6. The minimum Gasteiger partial charge on any atom is -0.756 e. The van der Waals surface area contributed by atoms with Crippen molar-refractivity contribution in [1.29, 1.82) is 0 Å². The van der Waals surface area contributed by atoms with Gasteiger partial charge in [0.1, 0.15) is 13.2 Å². The average Bonchev–Trinajstić information content (AvgIpc) is 2.57. The second-order valence-corrected chi connectivity index (χ2v) is 9.38. The van der Waals surface area contributed by atoms with Crippen molar-refractivity contribution in [3.05, 3.63) is 24.3 Å². The van der Waals surface area contributed by atoms with E-state index in [2.05, 4.69) is 31.2 Å². The summed E-state index contributed by atoms with van der Waals surface area (Å²) in [5.41, 5.74) is 0. The van der Waals surface area contributed by atoms with Gasteiger partial charge in [-0.1, -0.05) is 56.9 Å². The maximum Gasteiger partial charge on any atom is 0.268 e. The monoisotopic (exact) mass is 403 g/mol. The van der Waals surface area contributed by atoms with Crippen molar-refractivity contribution < 1.29 is 23.0 Å². The highest BCUT2D eigenvalue weighted by molar-refractivity contribution is 7.45. The van der Waals surface area contributed by atoms with Crippen molar-refractivity contribution >= 4 is 7.82 Å². The Hall–Kier alpha value is -0.450. The van der Waals surface area contributed by atoms with Crippen LogP contribution in [0.3, 0.4) is 0 Å². The van der Waals surface area contributed by atoms with Gasteiger partial charge in [0.25, 0.3) is 7.82 Å². The predicted molar refractivity (Wildman–Crippen MR) is 113 cm³/mol. The van der Waals surface area contributed by atoms with Crippen molar-refractivity contribution in [3.8, 4) is 0 Å². The molecule has 0 saturated carbocycles. The molecular weight excluding hydrogens is 361 g/mol. The van der Waals surface area contributed by atoms with E-state index in [4.69, 9.17) is 9.05 Å². The molecule has 0 spiro atoms. The van der Waals surface area contributed by atoms with Gasteiger partial charge in [-0.05, 0) is 38.5 Å². The predicted octanol–water partition coefficient (Wildman–Crippen LogP) is 5.23. The molecule has 5 nitrogen and oxygen atoms in total. The van der Waals surface area contributed by atoms with Crippen LogP contribution in [0.1, 0.15) is 71.1 Å². The molecule has 0 radical (unpaired) electrons. The molecule has 0 saturated heterocycles. The fourth-order valence-electron chi connectivity index (χ4n) is 2.42. The molecule has 0 fully saturated rings. The van der Waals surface area contributed by atoms with Gasteiger partial charge in [0.2, 0.25) is 0 Å². The third-order valence-corrected chi connectivity index (χ3v) is 5.09. The molecule has 0 aromatic rings. The van der Waals surface area contributed by atoms with Crippen LogP contribution in [-0.2, 0) is 13.6 Å². The second-order valence-electron chi connectivity index (χ2n) is 7.97. The molecule has 160 valence electrons. The first kappa shape index (κ1) is 26.6. The number of hydrogen-bond acceptors (Lipinski definition) is 4. The lowest BCUT2D eigenvalue weighted by atomic mass is 10.1. The topological polar surface area (TPSA) is 58.6 Å². The SMILES string of the molecule is CC/C=C/CC/C=C/CCCCCCCCOP(=O)([O-])OCC[N+](C)(C)C. The summed E-state index contributed by atoms with van der Waals surface area (Å²) in [6.07, 6.45) is 20.1. The van der Waals surface area contributed by atoms with Gasteiger partial charge in [-0.2, -0.15) is 0 Å². The van der Waals surface area contributed by atoms with Gasteiger partial charge < -0.3 is 18.4 Å². The molecule has 0 rings (SSSR count). The molecule has 27 heavy (non-hydrogen) atoms. The molecule has 0 N–H and O–H groups in total. The lowest BCUT2D eigenvalue weighted by Gasteiger charge is -2.27. The van der Waals surface area contributed by atoms with E-state index >= 15 is 0 Å². The lowest BCUT2D eigenvalue weighted by Crippen LogP contribution is -2.37. The first-order valence-electron chi connectivity index (χ1n) is 10.5. The van der Waals surface area contributed by atoms with Crippen LogP contribution < -0.4 is 4.89 Å². The van der Waals surface area contributed by atoms with Gasteiger partial charge in [0.15, 0.2) is 0 Å². The first-order valence-corrected chi connectivity index (χ1v) is 11.9. The van der Waals surface area contributed by atoms with Gasteiger partial charge in [-0.3, -0.25) is 4.57 Å². The van der Waals surface area contributed by atoms with E-state index in [0.717, 1.165) is 44.9 Å². The number of quaternary nitrogens is 1. The Labute approximate surface area is 167 Å². The van der Waals surface area contributed by atoms with Crippen molar-refractivity contribution in [2.45, 2.75) is 71.1 Å². The van der Waals surface area contributed by atoms with Gasteiger partial charge in [0.05, 0.1) is 27.7 Å². The van der Waals surface area contributed by atoms with E-state index in [9.17, 15) is 9.46 Å². The summed E-state index contributed by atoms with van der Waals surface area (Å²) in [5, 5.41) is 0. The molecule has 1 unspecified atom stereocenters. The largest absolute Gasteiger partial charge is 0.756 e. The van der Waals surface area contributed by atoms with Crippen LogP contribution in [0.15, 0.2) is 24.3 Å². The van der Waals surface area contributed by atoms with Gasteiger partial charge in [0, 0.05) is 0 Å². The fraction of sp³-hybridized carbons (Fsp3) is 0.810. The highest BCUT2D eigenvalue weighted by Crippen LogP contribution is 2.38. The molecule has 0 aliphatic heterocycles. The Balaban J connectivity index is 3.42. The van der Waals surface area contributed by atoms with Crippen molar-refractivity contribution in [2.75, 3.05) is 40.9 Å². The zero-order valence-electron chi connectivity index (χ0n) is 18.0. The molecule has 0 bridgehead atoms. The number of phosphoric ester groups is 1. The summed E-state index contributed by atoms with van der Waals surface area (Å²) in [4.78, 5) is 11.6. The number of unbranched alkanes of at least 4 members (excludes halogenated alkanes) is 7. The molecule has 1 atom stereocenters. The zero-order valence-corrected chi connectivity index (χ0v) is 18.9. The summed E-state index contributed by atoms with van der Waals surface area (Å²) in [7, 11) is 1.83. The molecular formula is C21H42NO4P. The number of allylic oxidation sites excluding steroid dienone is 4. The quantitative estimate of drug-likeness (QED) is 0.136. The fourth-order valence-corrected chi connectivity index (χ4v) is 3.16. The van der Waals surface area contributed by atoms with E-state index in [0.29, 0.717) is 11.0 Å². The lowest BCUT2D eigenvalue weighted by molar-refractivity contribution is -0.870. The third kappa shape index (κ3) is 21.7. The molecule has 0 aromatic heterocycles. The van der Waals surface area contributed by atoms with Crippen LogP contribution >= 0.6 is 7.82 Å². The summed E-state index contributed by atoms with van der Waals surface area (Å²) < 4.78 is 22.1. The van der Waals surface area contributed by atoms with Crippen LogP contribution in [0, 0.1) is 0 Å². The van der Waals surface area contributed by atoms with Gasteiger partial charge in [-0.25, -0.2) is 0 Å². The molecule has 0 aromatic carbocycles. The molecule has 0 heterocycles. The van der Waals surface area contributed by atoms with E-state index in [1.165, 1.54) is 19.3 Å². The van der Waals surface area contributed by atoms with Crippen LogP contribution in [0.4, 0.5) is 0 Å². The molecule has 0 aliphatic rings. The van der Waals surface area contributed by atoms with Crippen LogP contribution in [0.5, 0.6) is 0 Å². The molecule has 6 heteroatoms. The van der Waals surface area contributed by atoms with Crippen molar-refractivity contribution in [2.24, 2.45) is 0 Å². The third-order valence-electron chi connectivity index (χ3n) is 4.10. The average molecular weight is 404 g/mol. The highest BCUT2D eigenvalue weighted by Gasteiger charge is 2.12. The molecule has 0 aliphatic carbocycles. The Morgan fingerprint density at radius 1 is 0.778 bits per heavy atom. The van der Waals surface area contributed by atoms with E-state index in [-0.39, 0.29) is 13.2 Å². The summed E-state index contributed by atoms with van der Waals surface area (Å²) in [5.74, 6) is 0. The smallest absolute Gasteiger partial charge is 0.268 e.